The number of benzene rings is 1. The molecule has 1 N–H and O–H groups in total. The second-order valence-corrected chi connectivity index (χ2v) is 7.76. The van der Waals surface area contributed by atoms with Crippen LogP contribution in [-0.2, 0) is 20.4 Å². The lowest BCUT2D eigenvalue weighted by Crippen LogP contribution is -2.39. The number of halogens is 1. The Hall–Kier alpha value is -1.07. The van der Waals surface area contributed by atoms with Crippen LogP contribution < -0.4 is 5.32 Å². The maximum atomic E-state index is 12.0. The van der Waals surface area contributed by atoms with Gasteiger partial charge in [0.15, 0.2) is 9.84 Å². The molecule has 6 heteroatoms. The number of carbonyl (C=O) groups excluding carboxylic acids is 1. The first-order valence-corrected chi connectivity index (χ1v) is 8.64. The monoisotopic (exact) mass is 317 g/mol. The van der Waals surface area contributed by atoms with Gasteiger partial charge in [-0.3, -0.25) is 4.79 Å². The van der Waals surface area contributed by atoms with Gasteiger partial charge in [-0.2, -0.15) is 0 Å². The Morgan fingerprint density at radius 3 is 2.25 bits per heavy atom. The second kappa shape index (κ2) is 7.09. The number of hydrogen-bond acceptors (Lipinski definition) is 3. The van der Waals surface area contributed by atoms with E-state index in [2.05, 4.69) is 5.32 Å². The fraction of sp³-hybridized carbons (Fsp3) is 0.500. The van der Waals surface area contributed by atoms with Gasteiger partial charge in [0.2, 0.25) is 5.91 Å². The highest BCUT2D eigenvalue weighted by molar-refractivity contribution is 7.91. The van der Waals surface area contributed by atoms with Crippen molar-refractivity contribution in [1.82, 2.24) is 5.32 Å². The average Bonchev–Trinajstić information content (AvgIpc) is 2.30. The van der Waals surface area contributed by atoms with Crippen LogP contribution in [0.5, 0.6) is 0 Å². The van der Waals surface area contributed by atoms with Crippen molar-refractivity contribution in [3.05, 3.63) is 34.9 Å². The summed E-state index contributed by atoms with van der Waals surface area (Å²) in [5, 5.41) is 3.24. The lowest BCUT2D eigenvalue weighted by molar-refractivity contribution is -0.119. The molecule has 0 saturated heterocycles. The molecule has 20 heavy (non-hydrogen) atoms. The van der Waals surface area contributed by atoms with Gasteiger partial charge in [0.05, 0.1) is 5.75 Å². The summed E-state index contributed by atoms with van der Waals surface area (Å²) in [4.78, 5) is 11.7. The Kier molecular flexibility index (Phi) is 6.02. The molecule has 0 aromatic heterocycles. The van der Waals surface area contributed by atoms with Gasteiger partial charge in [0.1, 0.15) is 5.75 Å². The number of carbonyl (C=O) groups is 1. The SMILES string of the molecule is CC(C)C(C)NC(=O)CS(=O)(=O)Cc1ccc(Cl)cc1. The Morgan fingerprint density at radius 2 is 1.75 bits per heavy atom. The van der Waals surface area contributed by atoms with Crippen LogP contribution in [-0.4, -0.2) is 26.1 Å². The molecule has 0 spiro atoms. The molecule has 1 aromatic rings. The third kappa shape index (κ3) is 5.92. The summed E-state index contributed by atoms with van der Waals surface area (Å²) in [7, 11) is -3.47. The molecule has 1 amide bonds. The average molecular weight is 318 g/mol. The third-order valence-electron chi connectivity index (χ3n) is 3.04. The molecule has 0 aliphatic rings. The van der Waals surface area contributed by atoms with Crippen LogP contribution in [0.15, 0.2) is 24.3 Å². The Bertz CT molecular complexity index is 552. The molecule has 0 aliphatic heterocycles. The molecule has 0 bridgehead atoms. The summed E-state index contributed by atoms with van der Waals surface area (Å²) < 4.78 is 23.9. The van der Waals surface area contributed by atoms with Crippen molar-refractivity contribution in [2.45, 2.75) is 32.6 Å². The van der Waals surface area contributed by atoms with E-state index in [0.717, 1.165) is 0 Å². The van der Waals surface area contributed by atoms with E-state index in [0.29, 0.717) is 10.6 Å². The molecule has 0 heterocycles. The summed E-state index contributed by atoms with van der Waals surface area (Å²) in [5.41, 5.74) is 0.624. The van der Waals surface area contributed by atoms with Gasteiger partial charge in [-0.05, 0) is 30.5 Å². The molecule has 1 atom stereocenters. The number of sulfone groups is 1. The van der Waals surface area contributed by atoms with Crippen LogP contribution in [0.1, 0.15) is 26.3 Å². The van der Waals surface area contributed by atoms with Crippen LogP contribution in [0.3, 0.4) is 0 Å². The maximum Gasteiger partial charge on any atom is 0.235 e. The van der Waals surface area contributed by atoms with Crippen LogP contribution in [0, 0.1) is 5.92 Å². The van der Waals surface area contributed by atoms with Crippen molar-refractivity contribution in [2.75, 3.05) is 5.75 Å². The van der Waals surface area contributed by atoms with Gasteiger partial charge < -0.3 is 5.32 Å². The number of hydrogen-bond donors (Lipinski definition) is 1. The van der Waals surface area contributed by atoms with E-state index in [1.54, 1.807) is 24.3 Å². The zero-order chi connectivity index (χ0) is 15.3. The highest BCUT2D eigenvalue weighted by atomic mass is 35.5. The van der Waals surface area contributed by atoms with E-state index in [1.807, 2.05) is 20.8 Å². The fourth-order valence-electron chi connectivity index (χ4n) is 1.55. The second-order valence-electron chi connectivity index (χ2n) is 5.26. The summed E-state index contributed by atoms with van der Waals surface area (Å²) >= 11 is 5.74. The van der Waals surface area contributed by atoms with E-state index in [9.17, 15) is 13.2 Å². The number of amides is 1. The van der Waals surface area contributed by atoms with Crippen LogP contribution in [0.4, 0.5) is 0 Å². The normalized spacial score (nSPS) is 13.2. The lowest BCUT2D eigenvalue weighted by atomic mass is 10.1. The Balaban J connectivity index is 2.61. The molecule has 1 rings (SSSR count). The summed E-state index contributed by atoms with van der Waals surface area (Å²) in [6.07, 6.45) is 0. The van der Waals surface area contributed by atoms with E-state index in [1.165, 1.54) is 0 Å². The minimum atomic E-state index is -3.47. The topological polar surface area (TPSA) is 63.2 Å². The van der Waals surface area contributed by atoms with Gasteiger partial charge >= 0.3 is 0 Å². The summed E-state index contributed by atoms with van der Waals surface area (Å²) in [5.74, 6) is -0.849. The molecular weight excluding hydrogens is 298 g/mol. The van der Waals surface area contributed by atoms with E-state index < -0.39 is 21.5 Å². The molecule has 112 valence electrons. The first-order chi connectivity index (χ1) is 9.19. The van der Waals surface area contributed by atoms with Gasteiger partial charge in [-0.25, -0.2) is 8.42 Å². The van der Waals surface area contributed by atoms with Crippen molar-refractivity contribution in [2.24, 2.45) is 5.92 Å². The first-order valence-electron chi connectivity index (χ1n) is 6.44. The molecule has 1 aromatic carbocycles. The van der Waals surface area contributed by atoms with Gasteiger partial charge in [0.25, 0.3) is 0 Å². The quantitative estimate of drug-likeness (QED) is 0.876. The van der Waals surface area contributed by atoms with Crippen LogP contribution in [0.25, 0.3) is 0 Å². The smallest absolute Gasteiger partial charge is 0.235 e. The number of nitrogens with one attached hydrogen (secondary N) is 1. The van der Waals surface area contributed by atoms with Gasteiger partial charge in [-0.1, -0.05) is 37.6 Å². The van der Waals surface area contributed by atoms with Gasteiger partial charge in [0, 0.05) is 11.1 Å². The minimum Gasteiger partial charge on any atom is -0.353 e. The van der Waals surface area contributed by atoms with E-state index in [-0.39, 0.29) is 17.7 Å². The number of rotatable bonds is 6. The predicted octanol–water partition coefficient (Wildman–Crippen LogP) is 2.42. The lowest BCUT2D eigenvalue weighted by Gasteiger charge is -2.17. The van der Waals surface area contributed by atoms with Crippen molar-refractivity contribution < 1.29 is 13.2 Å². The Labute approximate surface area is 125 Å². The summed E-state index contributed by atoms with van der Waals surface area (Å²) in [6.45, 7) is 5.79. The zero-order valence-electron chi connectivity index (χ0n) is 11.9. The first kappa shape index (κ1) is 17.0. The van der Waals surface area contributed by atoms with E-state index >= 15 is 0 Å². The molecular formula is C14H20ClNO3S. The molecule has 0 radical (unpaired) electrons. The Morgan fingerprint density at radius 1 is 1.20 bits per heavy atom. The largest absolute Gasteiger partial charge is 0.353 e. The van der Waals surface area contributed by atoms with Crippen LogP contribution >= 0.6 is 11.6 Å². The zero-order valence-corrected chi connectivity index (χ0v) is 13.5. The predicted molar refractivity (Wildman–Crippen MR) is 81.4 cm³/mol. The van der Waals surface area contributed by atoms with Gasteiger partial charge in [-0.15, -0.1) is 0 Å². The highest BCUT2D eigenvalue weighted by Crippen LogP contribution is 2.12. The fourth-order valence-corrected chi connectivity index (χ4v) is 2.96. The molecule has 1 unspecified atom stereocenters. The third-order valence-corrected chi connectivity index (χ3v) is 4.77. The molecule has 4 nitrogen and oxygen atoms in total. The minimum absolute atomic E-state index is 0.0479. The van der Waals surface area contributed by atoms with E-state index in [4.69, 9.17) is 11.6 Å². The highest BCUT2D eigenvalue weighted by Gasteiger charge is 2.19. The maximum absolute atomic E-state index is 12.0. The van der Waals surface area contributed by atoms with Crippen LogP contribution in [0.2, 0.25) is 5.02 Å². The molecule has 0 fully saturated rings. The van der Waals surface area contributed by atoms with Crippen molar-refractivity contribution in [1.29, 1.82) is 0 Å². The van der Waals surface area contributed by atoms with Crippen molar-refractivity contribution in [3.63, 3.8) is 0 Å². The molecule has 0 saturated carbocycles. The standard InChI is InChI=1S/C14H20ClNO3S/c1-10(2)11(3)16-14(17)9-20(18,19)8-12-4-6-13(15)7-5-12/h4-7,10-11H,8-9H2,1-3H3,(H,16,17). The van der Waals surface area contributed by atoms with Crippen molar-refractivity contribution >= 4 is 27.3 Å². The molecule has 0 aliphatic carbocycles. The summed E-state index contributed by atoms with van der Waals surface area (Å²) in [6, 6.07) is 6.51. The van der Waals surface area contributed by atoms with Crippen molar-refractivity contribution in [3.8, 4) is 0 Å².